The smallest absolute Gasteiger partial charge is 0.185 e. The quantitative estimate of drug-likeness (QED) is 0.856. The lowest BCUT2D eigenvalue weighted by Gasteiger charge is -2.35. The molecule has 1 aromatic rings. The summed E-state index contributed by atoms with van der Waals surface area (Å²) in [5, 5.41) is 4.86. The standard InChI is InChI=1S/C17H29N3S/c1-11(17(2,3)4)20(5)16-19-15(12-6-7-12)14(21-16)10-18-13-8-9-13/h11-13,18H,6-10H2,1-5H3. The van der Waals surface area contributed by atoms with Crippen LogP contribution in [0.1, 0.15) is 69.9 Å². The topological polar surface area (TPSA) is 28.2 Å². The van der Waals surface area contributed by atoms with Crippen LogP contribution in [-0.2, 0) is 6.54 Å². The Bertz CT molecular complexity index is 495. The zero-order valence-corrected chi connectivity index (χ0v) is 14.9. The van der Waals surface area contributed by atoms with Gasteiger partial charge in [-0.1, -0.05) is 20.8 Å². The van der Waals surface area contributed by atoms with E-state index in [1.54, 1.807) is 0 Å². The second-order valence-corrected chi connectivity index (χ2v) is 8.95. The molecule has 0 aromatic carbocycles. The van der Waals surface area contributed by atoms with Crippen LogP contribution in [0.5, 0.6) is 0 Å². The van der Waals surface area contributed by atoms with E-state index in [4.69, 9.17) is 4.98 Å². The lowest BCUT2D eigenvalue weighted by molar-refractivity contribution is 0.329. The third-order valence-electron chi connectivity index (χ3n) is 4.94. The fourth-order valence-corrected chi connectivity index (χ4v) is 3.71. The predicted octanol–water partition coefficient (Wildman–Crippen LogP) is 4.14. The largest absolute Gasteiger partial charge is 0.348 e. The molecule has 0 bridgehead atoms. The molecule has 3 rings (SSSR count). The molecule has 118 valence electrons. The Labute approximate surface area is 133 Å². The van der Waals surface area contributed by atoms with E-state index in [0.717, 1.165) is 18.5 Å². The van der Waals surface area contributed by atoms with Gasteiger partial charge in [0.25, 0.3) is 0 Å². The van der Waals surface area contributed by atoms with Gasteiger partial charge in [-0.2, -0.15) is 0 Å². The van der Waals surface area contributed by atoms with E-state index in [1.807, 2.05) is 11.3 Å². The molecular weight excluding hydrogens is 278 g/mol. The number of thiazole rings is 1. The van der Waals surface area contributed by atoms with Gasteiger partial charge in [-0.05, 0) is 38.0 Å². The number of nitrogens with zero attached hydrogens (tertiary/aromatic N) is 2. The van der Waals surface area contributed by atoms with Crippen LogP contribution in [0.2, 0.25) is 0 Å². The summed E-state index contributed by atoms with van der Waals surface area (Å²) >= 11 is 1.90. The normalized spacial score (nSPS) is 20.6. The molecule has 4 heteroatoms. The summed E-state index contributed by atoms with van der Waals surface area (Å²) in [5.41, 5.74) is 1.66. The van der Waals surface area contributed by atoms with Crippen molar-refractivity contribution in [1.29, 1.82) is 0 Å². The maximum atomic E-state index is 5.01. The minimum absolute atomic E-state index is 0.270. The zero-order valence-electron chi connectivity index (χ0n) is 14.1. The van der Waals surface area contributed by atoms with Gasteiger partial charge >= 0.3 is 0 Å². The molecule has 0 saturated heterocycles. The van der Waals surface area contributed by atoms with Gasteiger partial charge in [0.15, 0.2) is 5.13 Å². The van der Waals surface area contributed by atoms with Gasteiger partial charge in [0.05, 0.1) is 5.69 Å². The van der Waals surface area contributed by atoms with Gasteiger partial charge < -0.3 is 10.2 Å². The average molecular weight is 308 g/mol. The number of hydrogen-bond donors (Lipinski definition) is 1. The lowest BCUT2D eigenvalue weighted by Crippen LogP contribution is -2.39. The van der Waals surface area contributed by atoms with Crippen molar-refractivity contribution in [2.45, 2.75) is 77.9 Å². The molecule has 0 amide bonds. The van der Waals surface area contributed by atoms with Crippen LogP contribution in [0.25, 0.3) is 0 Å². The first-order chi connectivity index (χ1) is 9.86. The van der Waals surface area contributed by atoms with Gasteiger partial charge in [-0.25, -0.2) is 4.98 Å². The van der Waals surface area contributed by atoms with E-state index in [-0.39, 0.29) is 5.41 Å². The Morgan fingerprint density at radius 2 is 1.95 bits per heavy atom. The summed E-state index contributed by atoms with van der Waals surface area (Å²) in [4.78, 5) is 8.86. The molecule has 3 nitrogen and oxygen atoms in total. The second kappa shape index (κ2) is 5.54. The highest BCUT2D eigenvalue weighted by molar-refractivity contribution is 7.15. The Balaban J connectivity index is 1.76. The summed E-state index contributed by atoms with van der Waals surface area (Å²) < 4.78 is 0. The zero-order chi connectivity index (χ0) is 15.2. The molecule has 1 unspecified atom stereocenters. The monoisotopic (exact) mass is 307 g/mol. The van der Waals surface area contributed by atoms with Crippen LogP contribution in [0, 0.1) is 5.41 Å². The summed E-state index contributed by atoms with van der Waals surface area (Å²) in [5.74, 6) is 0.740. The van der Waals surface area contributed by atoms with Crippen molar-refractivity contribution >= 4 is 16.5 Å². The van der Waals surface area contributed by atoms with E-state index < -0.39 is 0 Å². The number of anilines is 1. The SMILES string of the molecule is CC(N(C)c1nc(C2CC2)c(CNC2CC2)s1)C(C)(C)C. The first kappa shape index (κ1) is 15.3. The number of hydrogen-bond acceptors (Lipinski definition) is 4. The highest BCUT2D eigenvalue weighted by Crippen LogP contribution is 2.44. The summed E-state index contributed by atoms with van der Waals surface area (Å²) in [6, 6.07) is 1.26. The van der Waals surface area contributed by atoms with Gasteiger partial charge in [0.2, 0.25) is 0 Å². The van der Waals surface area contributed by atoms with Crippen LogP contribution < -0.4 is 10.2 Å². The van der Waals surface area contributed by atoms with Gasteiger partial charge in [0, 0.05) is 36.5 Å². The molecule has 0 radical (unpaired) electrons. The molecule has 1 heterocycles. The minimum Gasteiger partial charge on any atom is -0.348 e. The Hall–Kier alpha value is -0.610. The Kier molecular flexibility index (Phi) is 4.04. The van der Waals surface area contributed by atoms with Crippen molar-refractivity contribution in [1.82, 2.24) is 10.3 Å². The third kappa shape index (κ3) is 3.59. The van der Waals surface area contributed by atoms with E-state index in [2.05, 4.69) is 45.0 Å². The van der Waals surface area contributed by atoms with Crippen molar-refractivity contribution in [3.63, 3.8) is 0 Å². The minimum atomic E-state index is 0.270. The molecule has 2 fully saturated rings. The van der Waals surface area contributed by atoms with E-state index >= 15 is 0 Å². The summed E-state index contributed by atoms with van der Waals surface area (Å²) in [6.07, 6.45) is 5.37. The first-order valence-electron chi connectivity index (χ1n) is 8.32. The molecule has 1 aromatic heterocycles. The predicted molar refractivity (Wildman–Crippen MR) is 91.3 cm³/mol. The fourth-order valence-electron chi connectivity index (χ4n) is 2.58. The highest BCUT2D eigenvalue weighted by Gasteiger charge is 2.32. The average Bonchev–Trinajstić information content (AvgIpc) is 3.33. The molecule has 2 aliphatic rings. The number of rotatable bonds is 6. The van der Waals surface area contributed by atoms with Crippen LogP contribution in [0.15, 0.2) is 0 Å². The highest BCUT2D eigenvalue weighted by atomic mass is 32.1. The van der Waals surface area contributed by atoms with Gasteiger partial charge in [-0.3, -0.25) is 0 Å². The fraction of sp³-hybridized carbons (Fsp3) is 0.824. The van der Waals surface area contributed by atoms with Crippen LogP contribution in [0.4, 0.5) is 5.13 Å². The molecule has 1 atom stereocenters. The van der Waals surface area contributed by atoms with Crippen molar-refractivity contribution in [2.24, 2.45) is 5.41 Å². The maximum Gasteiger partial charge on any atom is 0.185 e. The lowest BCUT2D eigenvalue weighted by atomic mass is 9.87. The second-order valence-electron chi connectivity index (χ2n) is 7.89. The Morgan fingerprint density at radius 1 is 1.29 bits per heavy atom. The summed E-state index contributed by atoms with van der Waals surface area (Å²) in [6.45, 7) is 10.2. The van der Waals surface area contributed by atoms with Crippen LogP contribution >= 0.6 is 11.3 Å². The molecule has 1 N–H and O–H groups in total. The molecule has 2 saturated carbocycles. The van der Waals surface area contributed by atoms with Gasteiger partial charge in [-0.15, -0.1) is 11.3 Å². The molecule has 0 aliphatic heterocycles. The summed E-state index contributed by atoms with van der Waals surface area (Å²) in [7, 11) is 2.20. The van der Waals surface area contributed by atoms with Gasteiger partial charge in [0.1, 0.15) is 0 Å². The number of aromatic nitrogens is 1. The van der Waals surface area contributed by atoms with E-state index in [0.29, 0.717) is 6.04 Å². The van der Waals surface area contributed by atoms with E-state index in [1.165, 1.54) is 41.4 Å². The van der Waals surface area contributed by atoms with Crippen molar-refractivity contribution in [3.05, 3.63) is 10.6 Å². The van der Waals surface area contributed by atoms with E-state index in [9.17, 15) is 0 Å². The van der Waals surface area contributed by atoms with Crippen molar-refractivity contribution in [3.8, 4) is 0 Å². The van der Waals surface area contributed by atoms with Crippen molar-refractivity contribution < 1.29 is 0 Å². The molecule has 21 heavy (non-hydrogen) atoms. The molecule has 2 aliphatic carbocycles. The third-order valence-corrected chi connectivity index (χ3v) is 6.11. The van der Waals surface area contributed by atoms with Crippen molar-refractivity contribution in [2.75, 3.05) is 11.9 Å². The van der Waals surface area contributed by atoms with Crippen LogP contribution in [0.3, 0.4) is 0 Å². The Morgan fingerprint density at radius 3 is 2.48 bits per heavy atom. The first-order valence-corrected chi connectivity index (χ1v) is 9.13. The maximum absolute atomic E-state index is 5.01. The molecule has 0 spiro atoms. The van der Waals surface area contributed by atoms with Crippen LogP contribution in [-0.4, -0.2) is 24.1 Å². The molecular formula is C17H29N3S. The number of nitrogens with one attached hydrogen (secondary N) is 1.